The van der Waals surface area contributed by atoms with Crippen LogP contribution in [0, 0.1) is 0 Å². The normalized spacial score (nSPS) is 11.7. The molecule has 0 fully saturated rings. The van der Waals surface area contributed by atoms with Gasteiger partial charge in [-0.25, -0.2) is 0 Å². The van der Waals surface area contributed by atoms with Crippen LogP contribution in [0.25, 0.3) is 16.8 Å². The van der Waals surface area contributed by atoms with Gasteiger partial charge in [-0.15, -0.1) is 0 Å². The van der Waals surface area contributed by atoms with E-state index in [9.17, 15) is 0 Å². The van der Waals surface area contributed by atoms with Crippen molar-refractivity contribution in [1.82, 2.24) is 0 Å². The van der Waals surface area contributed by atoms with Gasteiger partial charge in [-0.3, -0.25) is 0 Å². The van der Waals surface area contributed by atoms with Gasteiger partial charge in [0.1, 0.15) is 0 Å². The molecular formula is C14H12Cl2Hf. The summed E-state index contributed by atoms with van der Waals surface area (Å²) in [6.07, 6.45) is 3.42. The second-order valence-electron chi connectivity index (χ2n) is 4.02. The van der Waals surface area contributed by atoms with Crippen LogP contribution in [-0.2, 0) is 32.3 Å². The van der Waals surface area contributed by atoms with E-state index in [4.69, 9.17) is 0 Å². The number of benzene rings is 2. The molecule has 0 amide bonds. The van der Waals surface area contributed by atoms with E-state index < -0.39 is 0 Å². The monoisotopic (exact) mass is 430 g/mol. The molecule has 0 unspecified atom stereocenters. The number of halogens is 2. The van der Waals surface area contributed by atoms with E-state index in [-0.39, 0.29) is 50.7 Å². The summed E-state index contributed by atoms with van der Waals surface area (Å²) in [4.78, 5) is 0. The average Bonchev–Trinajstić information content (AvgIpc) is 2.59. The molecule has 1 aliphatic rings. The third-order valence-electron chi connectivity index (χ3n) is 2.93. The molecule has 0 aromatic heterocycles. The van der Waals surface area contributed by atoms with Crippen molar-refractivity contribution in [2.75, 3.05) is 0 Å². The van der Waals surface area contributed by atoms with E-state index in [1.54, 1.807) is 0 Å². The van der Waals surface area contributed by atoms with Crippen molar-refractivity contribution < 1.29 is 50.7 Å². The Balaban J connectivity index is 0.000000853. The molecule has 3 rings (SSSR count). The topological polar surface area (TPSA) is 0 Å². The molecule has 17 heavy (non-hydrogen) atoms. The van der Waals surface area contributed by atoms with Gasteiger partial charge in [-0.05, 0) is 35.2 Å². The Kier molecular flexibility index (Phi) is 6.68. The molecule has 86 valence electrons. The Bertz CT molecular complexity index is 547. The van der Waals surface area contributed by atoms with Crippen LogP contribution < -0.4 is 24.8 Å². The number of hydrogen-bond donors (Lipinski definition) is 0. The molecule has 1 aliphatic carbocycles. The SMILES string of the molecule is CC1=Cc2ccc3ccccc3c2C1.[Cl-].[Cl-].[Hf+2]. The molecule has 0 saturated heterocycles. The molecule has 2 aromatic rings. The van der Waals surface area contributed by atoms with E-state index in [1.807, 2.05) is 0 Å². The third kappa shape index (κ3) is 3.01. The predicted molar refractivity (Wildman–Crippen MR) is 61.3 cm³/mol. The van der Waals surface area contributed by atoms with E-state index in [1.165, 1.54) is 27.5 Å². The Morgan fingerprint density at radius 1 is 0.941 bits per heavy atom. The van der Waals surface area contributed by atoms with Crippen LogP contribution in [0.15, 0.2) is 42.0 Å². The fourth-order valence-corrected chi connectivity index (χ4v) is 2.28. The fourth-order valence-electron chi connectivity index (χ4n) is 2.28. The Hall–Kier alpha value is -0.110. The van der Waals surface area contributed by atoms with Crippen LogP contribution >= 0.6 is 0 Å². The van der Waals surface area contributed by atoms with E-state index >= 15 is 0 Å². The number of allylic oxidation sites excluding steroid dienone is 1. The second-order valence-corrected chi connectivity index (χ2v) is 4.02. The molecule has 0 atom stereocenters. The van der Waals surface area contributed by atoms with Crippen LogP contribution in [0.4, 0.5) is 0 Å². The van der Waals surface area contributed by atoms with Crippen molar-refractivity contribution in [2.24, 2.45) is 0 Å². The first-order chi connectivity index (χ1) is 6.84. The first-order valence-electron chi connectivity index (χ1n) is 5.02. The van der Waals surface area contributed by atoms with Gasteiger partial charge in [0, 0.05) is 0 Å². The van der Waals surface area contributed by atoms with Crippen molar-refractivity contribution in [3.8, 4) is 0 Å². The minimum atomic E-state index is 0. The van der Waals surface area contributed by atoms with Crippen LogP contribution in [0.2, 0.25) is 0 Å². The number of fused-ring (bicyclic) bond motifs is 3. The summed E-state index contributed by atoms with van der Waals surface area (Å²) in [5.41, 5.74) is 4.37. The smallest absolute Gasteiger partial charge is 1.00 e. The predicted octanol–water partition coefficient (Wildman–Crippen LogP) is -2.20. The van der Waals surface area contributed by atoms with Gasteiger partial charge >= 0.3 is 25.8 Å². The molecular weight excluding hydrogens is 418 g/mol. The molecule has 0 heterocycles. The molecule has 2 aromatic carbocycles. The summed E-state index contributed by atoms with van der Waals surface area (Å²) in [5, 5.41) is 2.77. The quantitative estimate of drug-likeness (QED) is 0.417. The molecule has 3 heteroatoms. The van der Waals surface area contributed by atoms with Gasteiger partial charge in [-0.1, -0.05) is 48.0 Å². The van der Waals surface area contributed by atoms with Gasteiger partial charge in [0.25, 0.3) is 0 Å². The van der Waals surface area contributed by atoms with Crippen molar-refractivity contribution >= 4 is 16.8 Å². The van der Waals surface area contributed by atoms with Gasteiger partial charge in [0.2, 0.25) is 0 Å². The first kappa shape index (κ1) is 16.9. The van der Waals surface area contributed by atoms with Crippen LogP contribution in [-0.4, -0.2) is 0 Å². The third-order valence-corrected chi connectivity index (χ3v) is 2.93. The van der Waals surface area contributed by atoms with Gasteiger partial charge in [-0.2, -0.15) is 0 Å². The van der Waals surface area contributed by atoms with Crippen LogP contribution in [0.3, 0.4) is 0 Å². The summed E-state index contributed by atoms with van der Waals surface area (Å²) in [7, 11) is 0. The molecule has 0 bridgehead atoms. The van der Waals surface area contributed by atoms with Crippen molar-refractivity contribution in [3.05, 3.63) is 53.1 Å². The zero-order chi connectivity index (χ0) is 9.54. The minimum Gasteiger partial charge on any atom is -1.00 e. The summed E-state index contributed by atoms with van der Waals surface area (Å²) < 4.78 is 0. The van der Waals surface area contributed by atoms with Crippen molar-refractivity contribution in [2.45, 2.75) is 13.3 Å². The number of rotatable bonds is 0. The molecule has 0 spiro atoms. The molecule has 0 radical (unpaired) electrons. The molecule has 0 nitrogen and oxygen atoms in total. The fraction of sp³-hybridized carbons (Fsp3) is 0.143. The van der Waals surface area contributed by atoms with Gasteiger partial charge in [0.15, 0.2) is 0 Å². The minimum absolute atomic E-state index is 0. The molecule has 0 N–H and O–H groups in total. The molecule has 0 aliphatic heterocycles. The number of hydrogen-bond acceptors (Lipinski definition) is 0. The molecule has 0 saturated carbocycles. The summed E-state index contributed by atoms with van der Waals surface area (Å²) in [6, 6.07) is 13.1. The first-order valence-corrected chi connectivity index (χ1v) is 5.02. The second kappa shape index (κ2) is 6.72. The Morgan fingerprint density at radius 3 is 2.41 bits per heavy atom. The van der Waals surface area contributed by atoms with Crippen LogP contribution in [0.1, 0.15) is 18.1 Å². The Morgan fingerprint density at radius 2 is 1.65 bits per heavy atom. The Labute approximate surface area is 133 Å². The summed E-state index contributed by atoms with van der Waals surface area (Å²) in [6.45, 7) is 2.20. The zero-order valence-corrected chi connectivity index (χ0v) is 14.6. The standard InChI is InChI=1S/C14H12.2ClH.Hf/c1-10-8-12-7-6-11-4-2-3-5-13(11)14(12)9-10;;;/h2-8H,9H2,1H3;2*1H;/q;;;+2/p-2. The van der Waals surface area contributed by atoms with Gasteiger partial charge in [0.05, 0.1) is 0 Å². The maximum absolute atomic E-state index is 2.29. The average molecular weight is 430 g/mol. The zero-order valence-electron chi connectivity index (χ0n) is 9.50. The van der Waals surface area contributed by atoms with E-state index in [0.717, 1.165) is 6.42 Å². The maximum atomic E-state index is 2.29. The van der Waals surface area contributed by atoms with E-state index in [0.29, 0.717) is 0 Å². The van der Waals surface area contributed by atoms with Crippen molar-refractivity contribution in [3.63, 3.8) is 0 Å². The summed E-state index contributed by atoms with van der Waals surface area (Å²) >= 11 is 0. The van der Waals surface area contributed by atoms with Gasteiger partial charge < -0.3 is 24.8 Å². The van der Waals surface area contributed by atoms with Crippen LogP contribution in [0.5, 0.6) is 0 Å². The largest absolute Gasteiger partial charge is 2.00 e. The van der Waals surface area contributed by atoms with Crippen molar-refractivity contribution in [1.29, 1.82) is 0 Å². The van der Waals surface area contributed by atoms with E-state index in [2.05, 4.69) is 49.4 Å². The maximum Gasteiger partial charge on any atom is 2.00 e. The summed E-state index contributed by atoms with van der Waals surface area (Å²) in [5.74, 6) is 0.